The highest BCUT2D eigenvalue weighted by Gasteiger charge is 2.39. The molecule has 1 aromatic carbocycles. The van der Waals surface area contributed by atoms with E-state index in [2.05, 4.69) is 51.1 Å². The highest BCUT2D eigenvalue weighted by molar-refractivity contribution is 6.05. The van der Waals surface area contributed by atoms with Gasteiger partial charge in [-0.3, -0.25) is 24.6 Å². The molecule has 1 unspecified atom stereocenters. The van der Waals surface area contributed by atoms with Crippen LogP contribution in [-0.4, -0.2) is 81.2 Å². The van der Waals surface area contributed by atoms with Crippen LogP contribution >= 0.6 is 0 Å². The molecule has 3 saturated heterocycles. The van der Waals surface area contributed by atoms with Crippen molar-refractivity contribution >= 4 is 28.8 Å². The van der Waals surface area contributed by atoms with Gasteiger partial charge in [-0.1, -0.05) is 6.07 Å². The summed E-state index contributed by atoms with van der Waals surface area (Å²) >= 11 is 0. The number of benzene rings is 1. The van der Waals surface area contributed by atoms with Crippen LogP contribution in [0.2, 0.25) is 0 Å². The molecule has 3 fully saturated rings. The third-order valence-electron chi connectivity index (χ3n) is 8.62. The standard InChI is InChI=1S/C29H32N6O3/c1-32-16-21(17-32)34-11-8-22-20(14-33-9-2-3-10-33)13-24(30-27(22)34)18-4-5-23-19(12-18)15-35(29(23)38)25-6-7-26(36)31-28(25)37/h4-5,8,11-13,21,25H,2-3,6-7,9-10,14-17H2,1H3,(H,31,36,37). The molecule has 6 heterocycles. The molecule has 4 aliphatic heterocycles. The highest BCUT2D eigenvalue weighted by Crippen LogP contribution is 2.34. The lowest BCUT2D eigenvalue weighted by Gasteiger charge is -2.37. The third-order valence-corrected chi connectivity index (χ3v) is 8.62. The van der Waals surface area contributed by atoms with Gasteiger partial charge in [0.25, 0.3) is 5.91 Å². The fourth-order valence-electron chi connectivity index (χ4n) is 6.53. The summed E-state index contributed by atoms with van der Waals surface area (Å²) < 4.78 is 2.33. The average Bonchev–Trinajstić information content (AvgIpc) is 3.62. The Morgan fingerprint density at radius 1 is 1.05 bits per heavy atom. The first kappa shape index (κ1) is 23.5. The minimum absolute atomic E-state index is 0.151. The first-order valence-corrected chi connectivity index (χ1v) is 13.6. The lowest BCUT2D eigenvalue weighted by atomic mass is 10.0. The normalized spacial score (nSPS) is 22.8. The van der Waals surface area contributed by atoms with Crippen molar-refractivity contribution in [3.63, 3.8) is 0 Å². The fraction of sp³-hybridized carbons (Fsp3) is 0.448. The Kier molecular flexibility index (Phi) is 5.59. The number of hydrogen-bond donors (Lipinski definition) is 1. The van der Waals surface area contributed by atoms with Gasteiger partial charge < -0.3 is 14.4 Å². The van der Waals surface area contributed by atoms with Crippen LogP contribution in [0.15, 0.2) is 36.5 Å². The average molecular weight is 513 g/mol. The van der Waals surface area contributed by atoms with Gasteiger partial charge >= 0.3 is 0 Å². The van der Waals surface area contributed by atoms with E-state index in [9.17, 15) is 14.4 Å². The summed E-state index contributed by atoms with van der Waals surface area (Å²) in [6, 6.07) is 10.1. The first-order chi connectivity index (χ1) is 18.4. The van der Waals surface area contributed by atoms with Crippen molar-refractivity contribution < 1.29 is 14.4 Å². The monoisotopic (exact) mass is 512 g/mol. The molecular weight excluding hydrogens is 480 g/mol. The summed E-state index contributed by atoms with van der Waals surface area (Å²) in [7, 11) is 2.14. The molecule has 1 N–H and O–H groups in total. The number of hydrogen-bond acceptors (Lipinski definition) is 6. The zero-order chi connectivity index (χ0) is 26.0. The van der Waals surface area contributed by atoms with Crippen molar-refractivity contribution in [2.45, 2.75) is 50.9 Å². The predicted octanol–water partition coefficient (Wildman–Crippen LogP) is 2.55. The van der Waals surface area contributed by atoms with Gasteiger partial charge in [0, 0.05) is 55.3 Å². The number of fused-ring (bicyclic) bond motifs is 2. The van der Waals surface area contributed by atoms with E-state index in [4.69, 9.17) is 4.98 Å². The molecule has 9 heteroatoms. The van der Waals surface area contributed by atoms with Gasteiger partial charge in [0.05, 0.1) is 11.7 Å². The number of carbonyl (C=O) groups excluding carboxylic acids is 3. The molecule has 1 atom stereocenters. The SMILES string of the molecule is CN1CC(n2ccc3c(CN4CCCC4)cc(-c4ccc5c(c4)CN(C4CCC(=O)NC4=O)C5=O)nc32)C1. The fourth-order valence-corrected chi connectivity index (χ4v) is 6.53. The number of likely N-dealkylation sites (N-methyl/N-ethyl adjacent to an activating group) is 1. The second-order valence-corrected chi connectivity index (χ2v) is 11.3. The lowest BCUT2D eigenvalue weighted by molar-refractivity contribution is -0.136. The van der Waals surface area contributed by atoms with E-state index >= 15 is 0 Å². The molecule has 4 aliphatic rings. The van der Waals surface area contributed by atoms with Crippen molar-refractivity contribution in [1.82, 2.24) is 29.6 Å². The Balaban J connectivity index is 1.24. The minimum atomic E-state index is -0.610. The van der Waals surface area contributed by atoms with Crippen molar-refractivity contribution in [2.75, 3.05) is 33.2 Å². The molecule has 0 bridgehead atoms. The maximum absolute atomic E-state index is 13.2. The van der Waals surface area contributed by atoms with Gasteiger partial charge in [-0.25, -0.2) is 4.98 Å². The van der Waals surface area contributed by atoms with Crippen molar-refractivity contribution in [1.29, 1.82) is 0 Å². The second kappa shape index (κ2) is 9.03. The van der Waals surface area contributed by atoms with Gasteiger partial charge in [-0.15, -0.1) is 0 Å². The number of imide groups is 1. The van der Waals surface area contributed by atoms with E-state index in [1.165, 1.54) is 23.8 Å². The summed E-state index contributed by atoms with van der Waals surface area (Å²) in [5.74, 6) is -0.812. The number of piperidine rings is 1. The second-order valence-electron chi connectivity index (χ2n) is 11.3. The smallest absolute Gasteiger partial charge is 0.255 e. The Morgan fingerprint density at radius 2 is 1.87 bits per heavy atom. The number of nitrogens with zero attached hydrogens (tertiary/aromatic N) is 5. The summed E-state index contributed by atoms with van der Waals surface area (Å²) in [4.78, 5) is 48.8. The van der Waals surface area contributed by atoms with E-state index in [1.54, 1.807) is 4.90 Å². The van der Waals surface area contributed by atoms with Crippen LogP contribution in [0, 0.1) is 0 Å². The van der Waals surface area contributed by atoms with Crippen LogP contribution in [0.25, 0.3) is 22.3 Å². The lowest BCUT2D eigenvalue weighted by Crippen LogP contribution is -2.52. The molecule has 3 aromatic rings. The number of amides is 3. The molecule has 3 amide bonds. The maximum atomic E-state index is 13.2. The number of rotatable bonds is 5. The van der Waals surface area contributed by atoms with Gasteiger partial charge in [0.2, 0.25) is 11.8 Å². The van der Waals surface area contributed by atoms with Gasteiger partial charge in [-0.05, 0) is 74.8 Å². The molecule has 0 spiro atoms. The molecular formula is C29H32N6O3. The van der Waals surface area contributed by atoms with Crippen LogP contribution in [0.4, 0.5) is 0 Å². The van der Waals surface area contributed by atoms with Crippen LogP contribution in [0.5, 0.6) is 0 Å². The molecule has 0 aliphatic carbocycles. The van der Waals surface area contributed by atoms with Gasteiger partial charge in [0.15, 0.2) is 0 Å². The molecule has 0 radical (unpaired) electrons. The quantitative estimate of drug-likeness (QED) is 0.529. The van der Waals surface area contributed by atoms with E-state index < -0.39 is 6.04 Å². The first-order valence-electron chi connectivity index (χ1n) is 13.6. The highest BCUT2D eigenvalue weighted by atomic mass is 16.2. The van der Waals surface area contributed by atoms with E-state index in [0.717, 1.165) is 55.2 Å². The van der Waals surface area contributed by atoms with Crippen LogP contribution in [0.1, 0.15) is 53.2 Å². The molecule has 0 saturated carbocycles. The number of aromatic nitrogens is 2. The molecule has 9 nitrogen and oxygen atoms in total. The molecule has 196 valence electrons. The molecule has 7 rings (SSSR count). The Labute approximate surface area is 221 Å². The van der Waals surface area contributed by atoms with E-state index in [-0.39, 0.29) is 24.1 Å². The Hall–Kier alpha value is -3.56. The van der Waals surface area contributed by atoms with Gasteiger partial charge in [-0.2, -0.15) is 0 Å². The number of carbonyl (C=O) groups is 3. The van der Waals surface area contributed by atoms with E-state index in [0.29, 0.717) is 24.6 Å². The minimum Gasteiger partial charge on any atom is -0.327 e. The third kappa shape index (κ3) is 3.92. The summed E-state index contributed by atoms with van der Waals surface area (Å²) in [6.45, 7) is 5.58. The van der Waals surface area contributed by atoms with Gasteiger partial charge in [0.1, 0.15) is 11.7 Å². The topological polar surface area (TPSA) is 90.8 Å². The van der Waals surface area contributed by atoms with Crippen LogP contribution in [-0.2, 0) is 22.7 Å². The zero-order valence-corrected chi connectivity index (χ0v) is 21.7. The zero-order valence-electron chi connectivity index (χ0n) is 21.7. The number of nitrogens with one attached hydrogen (secondary N) is 1. The summed E-state index contributed by atoms with van der Waals surface area (Å²) in [6.07, 6.45) is 5.30. The van der Waals surface area contributed by atoms with Crippen LogP contribution in [0.3, 0.4) is 0 Å². The summed E-state index contributed by atoms with van der Waals surface area (Å²) in [5, 5.41) is 3.59. The predicted molar refractivity (Wildman–Crippen MR) is 142 cm³/mol. The van der Waals surface area contributed by atoms with E-state index in [1.807, 2.05) is 12.1 Å². The summed E-state index contributed by atoms with van der Waals surface area (Å²) in [5.41, 5.74) is 5.73. The number of pyridine rings is 1. The Bertz CT molecular complexity index is 1470. The van der Waals surface area contributed by atoms with Crippen molar-refractivity contribution in [3.8, 4) is 11.3 Å². The maximum Gasteiger partial charge on any atom is 0.255 e. The van der Waals surface area contributed by atoms with Crippen LogP contribution < -0.4 is 5.32 Å². The molecule has 2 aromatic heterocycles. The number of likely N-dealkylation sites (tertiary alicyclic amines) is 2. The largest absolute Gasteiger partial charge is 0.327 e. The Morgan fingerprint density at radius 3 is 2.63 bits per heavy atom. The van der Waals surface area contributed by atoms with Crippen molar-refractivity contribution in [2.24, 2.45) is 0 Å². The van der Waals surface area contributed by atoms with Crippen molar-refractivity contribution in [3.05, 3.63) is 53.2 Å². The molecule has 38 heavy (non-hydrogen) atoms.